The third-order valence-electron chi connectivity index (χ3n) is 3.86. The minimum atomic E-state index is 0. The lowest BCUT2D eigenvalue weighted by atomic mass is 10.2. The number of nitrogens with zero attached hydrogens (tertiary/aromatic N) is 1. The average molecular weight is 502 g/mol. The second-order valence-corrected chi connectivity index (χ2v) is 5.95. The summed E-state index contributed by atoms with van der Waals surface area (Å²) in [5, 5.41) is 9.90. The molecule has 1 aromatic carbocycles. The highest BCUT2D eigenvalue weighted by Gasteiger charge is 2.00. The number of guanidine groups is 1. The Morgan fingerprint density at radius 1 is 1.07 bits per heavy atom. The minimum Gasteiger partial charge on any atom is -0.467 e. The molecule has 8 heteroatoms. The first-order valence-corrected chi connectivity index (χ1v) is 9.18. The lowest BCUT2D eigenvalue weighted by Crippen LogP contribution is -2.37. The number of halogens is 1. The molecule has 0 aliphatic heterocycles. The Morgan fingerprint density at radius 2 is 1.89 bits per heavy atom. The standard InChI is InChI=1S/C20H30N4O3.HI/c1-21-20(23-10-4-12-26-16-19-5-3-13-27-19)24-15-17-6-8-18(9-7-17)22-11-14-25-2;/h3,5-9,13,22H,4,10-12,14-16H2,1-2H3,(H2,21,23,24);1H. The zero-order chi connectivity index (χ0) is 19.2. The van der Waals surface area contributed by atoms with Crippen molar-refractivity contribution in [1.82, 2.24) is 10.6 Å². The molecule has 7 nitrogen and oxygen atoms in total. The number of methoxy groups -OCH3 is 1. The molecule has 2 rings (SSSR count). The maximum absolute atomic E-state index is 5.56. The Kier molecular flexibility index (Phi) is 13.2. The fourth-order valence-corrected chi connectivity index (χ4v) is 2.39. The summed E-state index contributed by atoms with van der Waals surface area (Å²) in [5.41, 5.74) is 2.28. The van der Waals surface area contributed by atoms with Crippen molar-refractivity contribution in [1.29, 1.82) is 0 Å². The van der Waals surface area contributed by atoms with Crippen LogP contribution < -0.4 is 16.0 Å². The molecule has 0 aliphatic carbocycles. The Hall–Kier alpha value is -1.78. The molecule has 28 heavy (non-hydrogen) atoms. The summed E-state index contributed by atoms with van der Waals surface area (Å²) in [7, 11) is 3.47. The van der Waals surface area contributed by atoms with E-state index in [9.17, 15) is 0 Å². The fourth-order valence-electron chi connectivity index (χ4n) is 2.39. The number of rotatable bonds is 12. The van der Waals surface area contributed by atoms with Crippen molar-refractivity contribution in [2.24, 2.45) is 4.99 Å². The van der Waals surface area contributed by atoms with Crippen LogP contribution in [-0.2, 0) is 22.6 Å². The van der Waals surface area contributed by atoms with E-state index < -0.39 is 0 Å². The molecule has 0 radical (unpaired) electrons. The topological polar surface area (TPSA) is 80.1 Å². The molecule has 0 unspecified atom stereocenters. The van der Waals surface area contributed by atoms with Crippen LogP contribution in [0, 0.1) is 0 Å². The highest BCUT2D eigenvalue weighted by molar-refractivity contribution is 14.0. The van der Waals surface area contributed by atoms with Crippen LogP contribution in [0.5, 0.6) is 0 Å². The molecule has 1 aromatic heterocycles. The number of hydrogen-bond donors (Lipinski definition) is 3. The Balaban J connectivity index is 0.00000392. The van der Waals surface area contributed by atoms with Gasteiger partial charge in [-0.25, -0.2) is 0 Å². The van der Waals surface area contributed by atoms with Gasteiger partial charge in [-0.05, 0) is 36.2 Å². The quantitative estimate of drug-likeness (QED) is 0.179. The van der Waals surface area contributed by atoms with E-state index in [-0.39, 0.29) is 24.0 Å². The van der Waals surface area contributed by atoms with Gasteiger partial charge in [0.2, 0.25) is 0 Å². The van der Waals surface area contributed by atoms with Crippen LogP contribution in [-0.4, -0.2) is 46.4 Å². The van der Waals surface area contributed by atoms with E-state index in [4.69, 9.17) is 13.9 Å². The van der Waals surface area contributed by atoms with Gasteiger partial charge < -0.3 is 29.8 Å². The maximum Gasteiger partial charge on any atom is 0.191 e. The molecule has 3 N–H and O–H groups in total. The SMILES string of the molecule is CN=C(NCCCOCc1ccco1)NCc1ccc(NCCOC)cc1.I. The van der Waals surface area contributed by atoms with E-state index in [1.807, 2.05) is 12.1 Å². The van der Waals surface area contributed by atoms with Crippen molar-refractivity contribution >= 4 is 35.6 Å². The van der Waals surface area contributed by atoms with Crippen molar-refractivity contribution in [2.45, 2.75) is 19.6 Å². The summed E-state index contributed by atoms with van der Waals surface area (Å²) in [6.45, 7) is 4.18. The van der Waals surface area contributed by atoms with Gasteiger partial charge in [0, 0.05) is 46.1 Å². The van der Waals surface area contributed by atoms with Crippen LogP contribution in [0.3, 0.4) is 0 Å². The number of nitrogens with one attached hydrogen (secondary N) is 3. The lowest BCUT2D eigenvalue weighted by molar-refractivity contribution is 0.105. The van der Waals surface area contributed by atoms with Crippen LogP contribution in [0.4, 0.5) is 5.69 Å². The van der Waals surface area contributed by atoms with Crippen molar-refractivity contribution in [3.63, 3.8) is 0 Å². The summed E-state index contributed by atoms with van der Waals surface area (Å²) in [6.07, 6.45) is 2.55. The van der Waals surface area contributed by atoms with Crippen molar-refractivity contribution in [3.05, 3.63) is 54.0 Å². The predicted molar refractivity (Wildman–Crippen MR) is 123 cm³/mol. The monoisotopic (exact) mass is 502 g/mol. The number of furan rings is 1. The zero-order valence-electron chi connectivity index (χ0n) is 16.6. The van der Waals surface area contributed by atoms with Crippen molar-refractivity contribution in [2.75, 3.05) is 45.8 Å². The molecule has 156 valence electrons. The minimum absolute atomic E-state index is 0. The van der Waals surface area contributed by atoms with E-state index in [0.29, 0.717) is 26.4 Å². The van der Waals surface area contributed by atoms with Crippen LogP contribution in [0.1, 0.15) is 17.7 Å². The number of hydrogen-bond acceptors (Lipinski definition) is 5. The van der Waals surface area contributed by atoms with Gasteiger partial charge in [-0.1, -0.05) is 12.1 Å². The Morgan fingerprint density at radius 3 is 2.57 bits per heavy atom. The summed E-state index contributed by atoms with van der Waals surface area (Å²) >= 11 is 0. The highest BCUT2D eigenvalue weighted by Crippen LogP contribution is 2.09. The molecule has 2 aromatic rings. The molecule has 0 atom stereocenters. The van der Waals surface area contributed by atoms with Crippen LogP contribution in [0.2, 0.25) is 0 Å². The fraction of sp³-hybridized carbons (Fsp3) is 0.450. The lowest BCUT2D eigenvalue weighted by Gasteiger charge is -2.12. The molecule has 0 fully saturated rings. The first-order valence-electron chi connectivity index (χ1n) is 9.18. The van der Waals surface area contributed by atoms with Gasteiger partial charge in [0.15, 0.2) is 5.96 Å². The number of aliphatic imine (C=N–C) groups is 1. The average Bonchev–Trinajstić information content (AvgIpc) is 3.21. The highest BCUT2D eigenvalue weighted by atomic mass is 127. The van der Waals surface area contributed by atoms with Gasteiger partial charge in [0.25, 0.3) is 0 Å². The molecule has 1 heterocycles. The molecule has 0 spiro atoms. The molecular formula is C20H31IN4O3. The van der Waals surface area contributed by atoms with Gasteiger partial charge in [-0.15, -0.1) is 24.0 Å². The first-order chi connectivity index (χ1) is 13.3. The largest absolute Gasteiger partial charge is 0.467 e. The third-order valence-corrected chi connectivity index (χ3v) is 3.86. The molecular weight excluding hydrogens is 471 g/mol. The maximum atomic E-state index is 5.56. The summed E-state index contributed by atoms with van der Waals surface area (Å²) in [6, 6.07) is 12.1. The molecule has 0 saturated carbocycles. The summed E-state index contributed by atoms with van der Waals surface area (Å²) in [5.74, 6) is 1.63. The first kappa shape index (κ1) is 24.3. The van der Waals surface area contributed by atoms with E-state index >= 15 is 0 Å². The summed E-state index contributed by atoms with van der Waals surface area (Å²) < 4.78 is 15.8. The van der Waals surface area contributed by atoms with Gasteiger partial charge in [-0.3, -0.25) is 4.99 Å². The second kappa shape index (κ2) is 15.2. The van der Waals surface area contributed by atoms with Crippen LogP contribution >= 0.6 is 24.0 Å². The van der Waals surface area contributed by atoms with Gasteiger partial charge in [-0.2, -0.15) is 0 Å². The van der Waals surface area contributed by atoms with E-state index in [1.54, 1.807) is 20.4 Å². The van der Waals surface area contributed by atoms with Crippen molar-refractivity contribution < 1.29 is 13.9 Å². The molecule has 0 aliphatic rings. The molecule has 0 saturated heterocycles. The summed E-state index contributed by atoms with van der Waals surface area (Å²) in [4.78, 5) is 4.24. The molecule has 0 amide bonds. The zero-order valence-corrected chi connectivity index (χ0v) is 18.9. The number of benzene rings is 1. The van der Waals surface area contributed by atoms with Crippen LogP contribution in [0.15, 0.2) is 52.1 Å². The van der Waals surface area contributed by atoms with E-state index in [2.05, 4.69) is 45.2 Å². The Bertz CT molecular complexity index is 648. The van der Waals surface area contributed by atoms with E-state index in [0.717, 1.165) is 36.9 Å². The third kappa shape index (κ3) is 9.95. The Labute approximate surface area is 184 Å². The molecule has 0 bridgehead atoms. The van der Waals surface area contributed by atoms with Crippen LogP contribution in [0.25, 0.3) is 0 Å². The van der Waals surface area contributed by atoms with Crippen molar-refractivity contribution in [3.8, 4) is 0 Å². The smallest absolute Gasteiger partial charge is 0.191 e. The second-order valence-electron chi connectivity index (χ2n) is 5.95. The van der Waals surface area contributed by atoms with E-state index in [1.165, 1.54) is 5.56 Å². The van der Waals surface area contributed by atoms with Gasteiger partial charge in [0.05, 0.1) is 12.9 Å². The predicted octanol–water partition coefficient (Wildman–Crippen LogP) is 3.23. The number of anilines is 1. The number of ether oxygens (including phenoxy) is 2. The van der Waals surface area contributed by atoms with Gasteiger partial charge in [0.1, 0.15) is 12.4 Å². The van der Waals surface area contributed by atoms with Gasteiger partial charge >= 0.3 is 0 Å². The normalized spacial score (nSPS) is 11.0.